The molecule has 0 bridgehead atoms. The maximum absolute atomic E-state index is 5.81. The van der Waals surface area contributed by atoms with Crippen LogP contribution in [0.15, 0.2) is 30.6 Å². The highest BCUT2D eigenvalue weighted by Crippen LogP contribution is 2.15. The molecule has 0 fully saturated rings. The first-order chi connectivity index (χ1) is 9.06. The minimum Gasteiger partial charge on any atom is -0.497 e. The molecule has 2 aromatic heterocycles. The summed E-state index contributed by atoms with van der Waals surface area (Å²) in [6, 6.07) is 6.20. The Bertz CT molecular complexity index is 546. The highest BCUT2D eigenvalue weighted by molar-refractivity contribution is 5.27. The zero-order valence-electron chi connectivity index (χ0n) is 11.8. The van der Waals surface area contributed by atoms with E-state index in [-0.39, 0.29) is 6.04 Å². The third-order valence-corrected chi connectivity index (χ3v) is 2.93. The van der Waals surface area contributed by atoms with E-state index in [0.29, 0.717) is 0 Å². The summed E-state index contributed by atoms with van der Waals surface area (Å²) < 4.78 is 7.39. The first kappa shape index (κ1) is 13.6. The van der Waals surface area contributed by atoms with E-state index in [2.05, 4.69) is 28.0 Å². The number of nitrogens with zero attached hydrogens (tertiary/aromatic N) is 2. The first-order valence-corrected chi connectivity index (χ1v) is 6.48. The van der Waals surface area contributed by atoms with Gasteiger partial charge in [0.25, 0.3) is 0 Å². The predicted molar refractivity (Wildman–Crippen MR) is 76.4 cm³/mol. The number of nitrogens with two attached hydrogens (primary N) is 1. The molecule has 2 aromatic rings. The molecule has 0 aliphatic heterocycles. The fourth-order valence-corrected chi connectivity index (χ4v) is 2.17. The van der Waals surface area contributed by atoms with Crippen molar-refractivity contribution in [3.8, 4) is 5.75 Å². The van der Waals surface area contributed by atoms with Gasteiger partial charge in [0.05, 0.1) is 19.3 Å². The minimum atomic E-state index is 0.188. The van der Waals surface area contributed by atoms with Gasteiger partial charge in [-0.3, -0.25) is 4.98 Å². The Labute approximate surface area is 114 Å². The fourth-order valence-electron chi connectivity index (χ4n) is 2.17. The van der Waals surface area contributed by atoms with Gasteiger partial charge in [0.1, 0.15) is 5.75 Å². The maximum atomic E-state index is 5.81. The van der Waals surface area contributed by atoms with Gasteiger partial charge >= 0.3 is 0 Å². The first-order valence-electron chi connectivity index (χ1n) is 6.48. The van der Waals surface area contributed by atoms with Crippen LogP contribution in [0.2, 0.25) is 0 Å². The predicted octanol–water partition coefficient (Wildman–Crippen LogP) is 2.14. The number of methoxy groups -OCH3 is 1. The minimum absolute atomic E-state index is 0.188. The monoisotopic (exact) mass is 259 g/mol. The molecule has 0 saturated carbocycles. The number of rotatable bonds is 5. The smallest absolute Gasteiger partial charge is 0.122 e. The summed E-state index contributed by atoms with van der Waals surface area (Å²) in [4.78, 5) is 4.52. The van der Waals surface area contributed by atoms with E-state index in [1.54, 1.807) is 7.11 Å². The number of hydrogen-bond acceptors (Lipinski definition) is 3. The normalized spacial score (nSPS) is 12.4. The summed E-state index contributed by atoms with van der Waals surface area (Å²) in [5.41, 5.74) is 9.03. The molecule has 1 atom stereocenters. The van der Waals surface area contributed by atoms with Crippen molar-refractivity contribution in [1.29, 1.82) is 0 Å². The van der Waals surface area contributed by atoms with Crippen LogP contribution in [0, 0.1) is 6.92 Å². The molecular weight excluding hydrogens is 238 g/mol. The van der Waals surface area contributed by atoms with Gasteiger partial charge in [0, 0.05) is 36.3 Å². The van der Waals surface area contributed by atoms with Crippen molar-refractivity contribution >= 4 is 0 Å². The molecule has 1 unspecified atom stereocenters. The summed E-state index contributed by atoms with van der Waals surface area (Å²) in [5.74, 6) is 0.852. The maximum Gasteiger partial charge on any atom is 0.122 e. The second-order valence-electron chi connectivity index (χ2n) is 5.01. The van der Waals surface area contributed by atoms with E-state index in [9.17, 15) is 0 Å². The summed E-state index contributed by atoms with van der Waals surface area (Å²) in [6.45, 7) is 4.74. The lowest BCUT2D eigenvalue weighted by Crippen LogP contribution is -2.17. The number of ether oxygens (including phenoxy) is 1. The summed E-state index contributed by atoms with van der Waals surface area (Å²) in [5, 5.41) is 0. The van der Waals surface area contributed by atoms with Gasteiger partial charge < -0.3 is 15.0 Å². The summed E-state index contributed by atoms with van der Waals surface area (Å²) in [6.07, 6.45) is 5.09. The van der Waals surface area contributed by atoms with E-state index >= 15 is 0 Å². The van der Waals surface area contributed by atoms with Crippen molar-refractivity contribution in [2.45, 2.75) is 32.9 Å². The SMILES string of the molecule is COc1cc(C)nc(Cn2ccc(CC(C)N)c2)c1. The zero-order valence-corrected chi connectivity index (χ0v) is 11.8. The standard InChI is InChI=1S/C15H21N3O/c1-11(16)6-13-4-5-18(9-13)10-14-8-15(19-3)7-12(2)17-14/h4-5,7-9,11H,6,10,16H2,1-3H3. The Morgan fingerprint density at radius 2 is 2.21 bits per heavy atom. The van der Waals surface area contributed by atoms with E-state index in [4.69, 9.17) is 10.5 Å². The van der Waals surface area contributed by atoms with Crippen molar-refractivity contribution in [2.75, 3.05) is 7.11 Å². The van der Waals surface area contributed by atoms with Crippen LogP contribution in [-0.2, 0) is 13.0 Å². The third kappa shape index (κ3) is 3.83. The molecule has 2 N–H and O–H groups in total. The van der Waals surface area contributed by atoms with E-state index in [1.165, 1.54) is 5.56 Å². The number of aromatic nitrogens is 2. The quantitative estimate of drug-likeness (QED) is 0.895. The molecule has 0 aliphatic carbocycles. The van der Waals surface area contributed by atoms with Gasteiger partial charge in [0.15, 0.2) is 0 Å². The lowest BCUT2D eigenvalue weighted by atomic mass is 10.1. The van der Waals surface area contributed by atoms with Crippen LogP contribution in [0.4, 0.5) is 0 Å². The van der Waals surface area contributed by atoms with Crippen LogP contribution in [0.25, 0.3) is 0 Å². The van der Waals surface area contributed by atoms with Gasteiger partial charge in [-0.05, 0) is 31.9 Å². The Morgan fingerprint density at radius 1 is 1.42 bits per heavy atom. The van der Waals surface area contributed by atoms with Crippen LogP contribution in [-0.4, -0.2) is 22.7 Å². The Hall–Kier alpha value is -1.81. The molecule has 0 amide bonds. The van der Waals surface area contributed by atoms with Crippen LogP contribution >= 0.6 is 0 Å². The number of hydrogen-bond donors (Lipinski definition) is 1. The van der Waals surface area contributed by atoms with Gasteiger partial charge in [-0.1, -0.05) is 0 Å². The molecular formula is C15H21N3O. The van der Waals surface area contributed by atoms with E-state index < -0.39 is 0 Å². The molecule has 0 aliphatic rings. The lowest BCUT2D eigenvalue weighted by Gasteiger charge is -2.07. The Balaban J connectivity index is 2.12. The Morgan fingerprint density at radius 3 is 2.89 bits per heavy atom. The van der Waals surface area contributed by atoms with Crippen molar-refractivity contribution in [1.82, 2.24) is 9.55 Å². The highest BCUT2D eigenvalue weighted by Gasteiger charge is 2.04. The average molecular weight is 259 g/mol. The third-order valence-electron chi connectivity index (χ3n) is 2.93. The molecule has 2 rings (SSSR count). The van der Waals surface area contributed by atoms with Crippen LogP contribution in [0.3, 0.4) is 0 Å². The molecule has 2 heterocycles. The second-order valence-corrected chi connectivity index (χ2v) is 5.01. The zero-order chi connectivity index (χ0) is 13.8. The molecule has 0 saturated heterocycles. The van der Waals surface area contributed by atoms with Crippen LogP contribution in [0.5, 0.6) is 5.75 Å². The number of pyridine rings is 1. The van der Waals surface area contributed by atoms with Gasteiger partial charge in [-0.25, -0.2) is 0 Å². The Kier molecular flexibility index (Phi) is 4.22. The molecule has 0 radical (unpaired) electrons. The van der Waals surface area contributed by atoms with Crippen molar-refractivity contribution < 1.29 is 4.74 Å². The van der Waals surface area contributed by atoms with Crippen molar-refractivity contribution in [3.63, 3.8) is 0 Å². The molecule has 102 valence electrons. The molecule has 19 heavy (non-hydrogen) atoms. The lowest BCUT2D eigenvalue weighted by molar-refractivity contribution is 0.413. The largest absolute Gasteiger partial charge is 0.497 e. The highest BCUT2D eigenvalue weighted by atomic mass is 16.5. The molecule has 0 spiro atoms. The van der Waals surface area contributed by atoms with E-state index in [0.717, 1.165) is 30.1 Å². The van der Waals surface area contributed by atoms with Crippen molar-refractivity contribution in [2.24, 2.45) is 5.73 Å². The molecule has 4 heteroatoms. The fraction of sp³-hybridized carbons (Fsp3) is 0.400. The second kappa shape index (κ2) is 5.89. The van der Waals surface area contributed by atoms with Crippen LogP contribution in [0.1, 0.15) is 23.9 Å². The topological polar surface area (TPSA) is 53.1 Å². The van der Waals surface area contributed by atoms with Crippen molar-refractivity contribution in [3.05, 3.63) is 47.5 Å². The average Bonchev–Trinajstić information content (AvgIpc) is 2.74. The van der Waals surface area contributed by atoms with Gasteiger partial charge in [0.2, 0.25) is 0 Å². The van der Waals surface area contributed by atoms with E-state index in [1.807, 2.05) is 26.0 Å². The van der Waals surface area contributed by atoms with Gasteiger partial charge in [-0.15, -0.1) is 0 Å². The molecule has 0 aromatic carbocycles. The van der Waals surface area contributed by atoms with Crippen LogP contribution < -0.4 is 10.5 Å². The van der Waals surface area contributed by atoms with Gasteiger partial charge in [-0.2, -0.15) is 0 Å². The number of aryl methyl sites for hydroxylation is 1. The molecule has 4 nitrogen and oxygen atoms in total. The summed E-state index contributed by atoms with van der Waals surface area (Å²) in [7, 11) is 1.68. The summed E-state index contributed by atoms with van der Waals surface area (Å²) >= 11 is 0.